The van der Waals surface area contributed by atoms with Crippen molar-refractivity contribution in [1.82, 2.24) is 0 Å². The van der Waals surface area contributed by atoms with Gasteiger partial charge in [-0.05, 0) is 35.9 Å². The number of benzene rings is 3. The van der Waals surface area contributed by atoms with Crippen LogP contribution in [0.15, 0.2) is 83.8 Å². The van der Waals surface area contributed by atoms with E-state index in [4.69, 9.17) is 9.47 Å². The molecule has 3 rings (SSSR count). The van der Waals surface area contributed by atoms with Crippen molar-refractivity contribution in [3.8, 4) is 0 Å². The van der Waals surface area contributed by atoms with Gasteiger partial charge in [0, 0.05) is 4.90 Å². The summed E-state index contributed by atoms with van der Waals surface area (Å²) in [4.78, 5) is 38.4. The highest BCUT2D eigenvalue weighted by Gasteiger charge is 2.25. The van der Waals surface area contributed by atoms with Crippen molar-refractivity contribution < 1.29 is 23.9 Å². The van der Waals surface area contributed by atoms with Crippen molar-refractivity contribution in [2.75, 3.05) is 19.5 Å². The molecule has 0 aromatic heterocycles. The molecule has 1 atom stereocenters. The van der Waals surface area contributed by atoms with Crippen LogP contribution >= 0.6 is 11.8 Å². The Labute approximate surface area is 184 Å². The Morgan fingerprint density at radius 1 is 0.806 bits per heavy atom. The maximum atomic E-state index is 13.3. The Bertz CT molecular complexity index is 1070. The molecule has 1 unspecified atom stereocenters. The van der Waals surface area contributed by atoms with Gasteiger partial charge in [0.05, 0.1) is 31.0 Å². The van der Waals surface area contributed by atoms with Crippen LogP contribution in [0.5, 0.6) is 0 Å². The highest BCUT2D eigenvalue weighted by molar-refractivity contribution is 8.00. The molecule has 0 saturated heterocycles. The van der Waals surface area contributed by atoms with Gasteiger partial charge in [0.25, 0.3) is 0 Å². The molecule has 0 fully saturated rings. The number of rotatable bonds is 7. The van der Waals surface area contributed by atoms with Crippen LogP contribution in [0, 0.1) is 0 Å². The van der Waals surface area contributed by atoms with E-state index in [1.807, 2.05) is 60.7 Å². The molecule has 0 heterocycles. The molecule has 0 aliphatic rings. The summed E-state index contributed by atoms with van der Waals surface area (Å²) in [5.41, 5.74) is 1.32. The van der Waals surface area contributed by atoms with Gasteiger partial charge in [-0.1, -0.05) is 48.5 Å². The van der Waals surface area contributed by atoms with Gasteiger partial charge in [0.2, 0.25) is 5.91 Å². The van der Waals surface area contributed by atoms with Crippen LogP contribution in [0.4, 0.5) is 5.69 Å². The zero-order chi connectivity index (χ0) is 22.2. The van der Waals surface area contributed by atoms with Crippen molar-refractivity contribution in [3.05, 3.63) is 95.6 Å². The minimum atomic E-state index is -0.626. The number of hydrogen-bond acceptors (Lipinski definition) is 6. The van der Waals surface area contributed by atoms with E-state index < -0.39 is 17.2 Å². The first-order valence-electron chi connectivity index (χ1n) is 9.41. The normalized spacial score (nSPS) is 11.3. The number of amides is 1. The molecule has 0 aliphatic heterocycles. The summed E-state index contributed by atoms with van der Waals surface area (Å²) < 4.78 is 9.56. The third-order valence-corrected chi connectivity index (χ3v) is 5.71. The van der Waals surface area contributed by atoms with Gasteiger partial charge >= 0.3 is 11.9 Å². The van der Waals surface area contributed by atoms with Crippen LogP contribution < -0.4 is 5.32 Å². The smallest absolute Gasteiger partial charge is 0.339 e. The molecule has 3 aromatic rings. The first kappa shape index (κ1) is 22.1. The van der Waals surface area contributed by atoms with Crippen molar-refractivity contribution >= 4 is 35.3 Å². The molecule has 1 amide bonds. The number of methoxy groups -OCH3 is 2. The van der Waals surface area contributed by atoms with Crippen LogP contribution in [0.1, 0.15) is 31.5 Å². The highest BCUT2D eigenvalue weighted by Crippen LogP contribution is 2.36. The topological polar surface area (TPSA) is 81.7 Å². The molecule has 0 aliphatic carbocycles. The van der Waals surface area contributed by atoms with Crippen LogP contribution in [-0.4, -0.2) is 32.1 Å². The van der Waals surface area contributed by atoms with Gasteiger partial charge < -0.3 is 14.8 Å². The quantitative estimate of drug-likeness (QED) is 0.427. The third-order valence-electron chi connectivity index (χ3n) is 4.44. The number of nitrogens with one attached hydrogen (secondary N) is 1. The lowest BCUT2D eigenvalue weighted by Crippen LogP contribution is -2.21. The van der Waals surface area contributed by atoms with E-state index in [0.717, 1.165) is 10.5 Å². The number of esters is 2. The molecule has 7 heteroatoms. The number of anilines is 1. The number of ether oxygens (including phenoxy) is 2. The maximum absolute atomic E-state index is 13.3. The fourth-order valence-electron chi connectivity index (χ4n) is 2.91. The molecular formula is C24H21NO5S. The standard InChI is InChI=1S/C24H21NO5S/c1-29-23(27)17-13-14-19(24(28)30-2)20(15-17)25-22(26)21(16-9-5-3-6-10-16)31-18-11-7-4-8-12-18/h3-15,21H,1-2H3,(H,25,26). The molecule has 31 heavy (non-hydrogen) atoms. The van der Waals surface area contributed by atoms with E-state index in [-0.39, 0.29) is 22.7 Å². The van der Waals surface area contributed by atoms with Crippen molar-refractivity contribution in [2.45, 2.75) is 10.1 Å². The molecule has 0 radical (unpaired) electrons. The van der Waals surface area contributed by atoms with E-state index in [9.17, 15) is 14.4 Å². The number of carbonyl (C=O) groups excluding carboxylic acids is 3. The van der Waals surface area contributed by atoms with E-state index in [2.05, 4.69) is 5.32 Å². The van der Waals surface area contributed by atoms with E-state index >= 15 is 0 Å². The van der Waals surface area contributed by atoms with Crippen molar-refractivity contribution in [1.29, 1.82) is 0 Å². The molecule has 6 nitrogen and oxygen atoms in total. The molecule has 0 bridgehead atoms. The molecule has 0 saturated carbocycles. The van der Waals surface area contributed by atoms with Gasteiger partial charge in [-0.3, -0.25) is 4.79 Å². The lowest BCUT2D eigenvalue weighted by Gasteiger charge is -2.18. The Hall–Kier alpha value is -3.58. The molecule has 1 N–H and O–H groups in total. The summed E-state index contributed by atoms with van der Waals surface area (Å²) in [5.74, 6) is -1.55. The van der Waals surface area contributed by atoms with Crippen LogP contribution in [0.3, 0.4) is 0 Å². The van der Waals surface area contributed by atoms with Crippen LogP contribution in [0.2, 0.25) is 0 Å². The lowest BCUT2D eigenvalue weighted by atomic mass is 10.1. The summed E-state index contributed by atoms with van der Waals surface area (Å²) in [6.07, 6.45) is 0. The van der Waals surface area contributed by atoms with E-state index in [1.165, 1.54) is 44.2 Å². The average molecular weight is 436 g/mol. The van der Waals surface area contributed by atoms with Crippen molar-refractivity contribution in [2.24, 2.45) is 0 Å². The third kappa shape index (κ3) is 5.52. The Morgan fingerprint density at radius 2 is 1.42 bits per heavy atom. The number of carbonyl (C=O) groups is 3. The van der Waals surface area contributed by atoms with Gasteiger partial charge in [-0.2, -0.15) is 0 Å². The largest absolute Gasteiger partial charge is 0.465 e. The maximum Gasteiger partial charge on any atom is 0.339 e. The number of hydrogen-bond donors (Lipinski definition) is 1. The predicted octanol–water partition coefficient (Wildman–Crippen LogP) is 4.73. The van der Waals surface area contributed by atoms with Crippen LogP contribution in [-0.2, 0) is 14.3 Å². The van der Waals surface area contributed by atoms with Gasteiger partial charge in [0.15, 0.2) is 0 Å². The van der Waals surface area contributed by atoms with E-state index in [1.54, 1.807) is 0 Å². The zero-order valence-electron chi connectivity index (χ0n) is 17.0. The average Bonchev–Trinajstić information content (AvgIpc) is 2.82. The predicted molar refractivity (Wildman–Crippen MR) is 119 cm³/mol. The van der Waals surface area contributed by atoms with Crippen molar-refractivity contribution in [3.63, 3.8) is 0 Å². The first-order chi connectivity index (χ1) is 15.0. The molecular weight excluding hydrogens is 414 g/mol. The summed E-state index contributed by atoms with van der Waals surface area (Å²) in [6.45, 7) is 0. The lowest BCUT2D eigenvalue weighted by molar-refractivity contribution is -0.115. The fourth-order valence-corrected chi connectivity index (χ4v) is 3.96. The molecule has 158 valence electrons. The Kier molecular flexibility index (Phi) is 7.45. The monoisotopic (exact) mass is 435 g/mol. The second-order valence-corrected chi connectivity index (χ2v) is 7.63. The summed E-state index contributed by atoms with van der Waals surface area (Å²) in [5, 5.41) is 2.21. The minimum Gasteiger partial charge on any atom is -0.465 e. The second kappa shape index (κ2) is 10.4. The summed E-state index contributed by atoms with van der Waals surface area (Å²) >= 11 is 1.38. The first-order valence-corrected chi connectivity index (χ1v) is 10.3. The second-order valence-electron chi connectivity index (χ2n) is 6.45. The Balaban J connectivity index is 1.97. The summed E-state index contributed by atoms with van der Waals surface area (Å²) in [6, 6.07) is 23.2. The molecule has 3 aromatic carbocycles. The minimum absolute atomic E-state index is 0.139. The summed E-state index contributed by atoms with van der Waals surface area (Å²) in [7, 11) is 2.51. The van der Waals surface area contributed by atoms with Gasteiger partial charge in [0.1, 0.15) is 5.25 Å². The van der Waals surface area contributed by atoms with E-state index in [0.29, 0.717) is 0 Å². The molecule has 0 spiro atoms. The SMILES string of the molecule is COC(=O)c1ccc(C(=O)OC)c(NC(=O)C(Sc2ccccc2)c2ccccc2)c1. The highest BCUT2D eigenvalue weighted by atomic mass is 32.2. The van der Waals surface area contributed by atoms with Gasteiger partial charge in [-0.25, -0.2) is 9.59 Å². The Morgan fingerprint density at radius 3 is 2.03 bits per heavy atom. The fraction of sp³-hybridized carbons (Fsp3) is 0.125. The van der Waals surface area contributed by atoms with Gasteiger partial charge in [-0.15, -0.1) is 11.8 Å². The zero-order valence-corrected chi connectivity index (χ0v) is 17.8. The number of thioether (sulfide) groups is 1. The van der Waals surface area contributed by atoms with Crippen LogP contribution in [0.25, 0.3) is 0 Å².